The average molecular weight is 304 g/mol. The van der Waals surface area contributed by atoms with Crippen molar-refractivity contribution in [1.82, 2.24) is 5.32 Å². The summed E-state index contributed by atoms with van der Waals surface area (Å²) in [6.45, 7) is 8.21. The van der Waals surface area contributed by atoms with Crippen LogP contribution in [0.5, 0.6) is 0 Å². The number of halogens is 2. The number of hydrogen-bond donors (Lipinski definition) is 2. The first kappa shape index (κ1) is 14.6. The van der Waals surface area contributed by atoms with Gasteiger partial charge in [0.15, 0.2) is 0 Å². The van der Waals surface area contributed by atoms with Gasteiger partial charge in [-0.3, -0.25) is 0 Å². The minimum atomic E-state index is -1.04. The van der Waals surface area contributed by atoms with Gasteiger partial charge in [0.2, 0.25) is 0 Å². The van der Waals surface area contributed by atoms with E-state index in [0.29, 0.717) is 16.6 Å². The van der Waals surface area contributed by atoms with Gasteiger partial charge in [0, 0.05) is 16.6 Å². The lowest BCUT2D eigenvalue weighted by atomic mass is 9.94. The lowest BCUT2D eigenvalue weighted by molar-refractivity contribution is 0.0494. The molecule has 1 rings (SSSR count). The number of β-amino-alcohol motifs (C(OH)–C–C–N with tert-alkyl or cyclic N) is 1. The van der Waals surface area contributed by atoms with Gasteiger partial charge in [-0.05, 0) is 45.4 Å². The normalized spacial score (nSPS) is 15.7. The quantitative estimate of drug-likeness (QED) is 0.899. The summed E-state index contributed by atoms with van der Waals surface area (Å²) in [7, 11) is 0. The summed E-state index contributed by atoms with van der Waals surface area (Å²) in [6.07, 6.45) is 0. The maximum absolute atomic E-state index is 13.0. The molecule has 2 nitrogen and oxygen atoms in total. The third-order valence-electron chi connectivity index (χ3n) is 2.47. The van der Waals surface area contributed by atoms with Gasteiger partial charge in [-0.2, -0.15) is 0 Å². The highest BCUT2D eigenvalue weighted by atomic mass is 79.9. The Hall–Kier alpha value is -0.450. The van der Waals surface area contributed by atoms with Gasteiger partial charge in [-0.1, -0.05) is 22.0 Å². The minimum absolute atomic E-state index is 0.0729. The lowest BCUT2D eigenvalue weighted by Crippen LogP contribution is -2.44. The van der Waals surface area contributed by atoms with E-state index in [9.17, 15) is 9.50 Å². The van der Waals surface area contributed by atoms with E-state index in [1.165, 1.54) is 12.1 Å². The van der Waals surface area contributed by atoms with Crippen LogP contribution in [0.4, 0.5) is 4.39 Å². The molecule has 0 radical (unpaired) electrons. The standard InChI is InChI=1S/C13H19BrFNO/c1-12(2,3)16-8-13(4,17)10-6-5-9(15)7-11(10)14/h5-7,16-17H,8H2,1-4H3. The molecule has 0 fully saturated rings. The Balaban J connectivity index is 2.89. The summed E-state index contributed by atoms with van der Waals surface area (Å²) in [5.74, 6) is -0.319. The maximum Gasteiger partial charge on any atom is 0.124 e. The van der Waals surface area contributed by atoms with Crippen LogP contribution in [-0.4, -0.2) is 17.2 Å². The first-order chi connectivity index (χ1) is 7.62. The zero-order chi connectivity index (χ0) is 13.3. The Bertz CT molecular complexity index is 399. The Morgan fingerprint density at radius 1 is 1.29 bits per heavy atom. The third kappa shape index (κ3) is 4.37. The third-order valence-corrected chi connectivity index (χ3v) is 3.13. The first-order valence-corrected chi connectivity index (χ1v) is 6.34. The molecule has 0 bridgehead atoms. The molecule has 0 aliphatic carbocycles. The molecule has 0 aliphatic rings. The van der Waals surface area contributed by atoms with Gasteiger partial charge in [-0.15, -0.1) is 0 Å². The fraction of sp³-hybridized carbons (Fsp3) is 0.538. The second-order valence-electron chi connectivity index (χ2n) is 5.50. The summed E-state index contributed by atoms with van der Waals surface area (Å²) in [6, 6.07) is 4.32. The molecule has 4 heteroatoms. The van der Waals surface area contributed by atoms with Crippen LogP contribution in [0.25, 0.3) is 0 Å². The molecule has 0 saturated carbocycles. The number of nitrogens with one attached hydrogen (secondary N) is 1. The van der Waals surface area contributed by atoms with E-state index in [1.807, 2.05) is 20.8 Å². The molecule has 96 valence electrons. The summed E-state index contributed by atoms with van der Waals surface area (Å²) in [5.41, 5.74) is -0.438. The Kier molecular flexibility index (Phi) is 4.33. The van der Waals surface area contributed by atoms with Crippen LogP contribution >= 0.6 is 15.9 Å². The molecule has 0 aliphatic heterocycles. The fourth-order valence-corrected chi connectivity index (χ4v) is 2.24. The van der Waals surface area contributed by atoms with E-state index in [2.05, 4.69) is 21.2 Å². The zero-order valence-corrected chi connectivity index (χ0v) is 12.2. The second-order valence-corrected chi connectivity index (χ2v) is 6.36. The van der Waals surface area contributed by atoms with Crippen molar-refractivity contribution in [3.05, 3.63) is 34.1 Å². The number of hydrogen-bond acceptors (Lipinski definition) is 2. The molecule has 1 unspecified atom stereocenters. The molecule has 1 atom stereocenters. The van der Waals surface area contributed by atoms with E-state index in [4.69, 9.17) is 0 Å². The molecule has 1 aromatic rings. The van der Waals surface area contributed by atoms with E-state index in [-0.39, 0.29) is 11.4 Å². The van der Waals surface area contributed by atoms with Crippen LogP contribution in [0.1, 0.15) is 33.3 Å². The Labute approximate surface area is 110 Å². The highest BCUT2D eigenvalue weighted by molar-refractivity contribution is 9.10. The number of aliphatic hydroxyl groups is 1. The molecule has 17 heavy (non-hydrogen) atoms. The van der Waals surface area contributed by atoms with Gasteiger partial charge in [-0.25, -0.2) is 4.39 Å². The topological polar surface area (TPSA) is 32.3 Å². The van der Waals surface area contributed by atoms with Crippen LogP contribution in [0.3, 0.4) is 0 Å². The van der Waals surface area contributed by atoms with Crippen molar-refractivity contribution < 1.29 is 9.50 Å². The minimum Gasteiger partial charge on any atom is -0.384 e. The van der Waals surface area contributed by atoms with Crippen molar-refractivity contribution in [2.75, 3.05) is 6.54 Å². The largest absolute Gasteiger partial charge is 0.384 e. The number of benzene rings is 1. The summed E-state index contributed by atoms with van der Waals surface area (Å²) in [4.78, 5) is 0. The molecule has 0 saturated heterocycles. The van der Waals surface area contributed by atoms with Crippen molar-refractivity contribution in [3.8, 4) is 0 Å². The van der Waals surface area contributed by atoms with Crippen molar-refractivity contribution >= 4 is 15.9 Å². The molecular formula is C13H19BrFNO. The molecule has 0 amide bonds. The van der Waals surface area contributed by atoms with E-state index < -0.39 is 5.60 Å². The monoisotopic (exact) mass is 303 g/mol. The van der Waals surface area contributed by atoms with Crippen LogP contribution in [0, 0.1) is 5.82 Å². The van der Waals surface area contributed by atoms with E-state index in [1.54, 1.807) is 13.0 Å². The van der Waals surface area contributed by atoms with Crippen LogP contribution in [0.2, 0.25) is 0 Å². The Morgan fingerprint density at radius 2 is 1.88 bits per heavy atom. The Morgan fingerprint density at radius 3 is 2.35 bits per heavy atom. The highest BCUT2D eigenvalue weighted by Crippen LogP contribution is 2.28. The summed E-state index contributed by atoms with van der Waals surface area (Å²) >= 11 is 3.28. The van der Waals surface area contributed by atoms with Crippen molar-refractivity contribution in [2.24, 2.45) is 0 Å². The first-order valence-electron chi connectivity index (χ1n) is 5.55. The lowest BCUT2D eigenvalue weighted by Gasteiger charge is -2.30. The molecule has 0 aromatic heterocycles. The molecule has 0 spiro atoms. The van der Waals surface area contributed by atoms with Crippen LogP contribution in [-0.2, 0) is 5.60 Å². The average Bonchev–Trinajstić information content (AvgIpc) is 2.13. The van der Waals surface area contributed by atoms with Gasteiger partial charge >= 0.3 is 0 Å². The zero-order valence-electron chi connectivity index (χ0n) is 10.6. The predicted octanol–water partition coefficient (Wildman–Crippen LogP) is 3.18. The highest BCUT2D eigenvalue weighted by Gasteiger charge is 2.27. The molecule has 2 N–H and O–H groups in total. The van der Waals surface area contributed by atoms with Gasteiger partial charge in [0.25, 0.3) is 0 Å². The predicted molar refractivity (Wildman–Crippen MR) is 71.4 cm³/mol. The molecule has 1 aromatic carbocycles. The van der Waals surface area contributed by atoms with E-state index in [0.717, 1.165) is 0 Å². The smallest absolute Gasteiger partial charge is 0.124 e. The fourth-order valence-electron chi connectivity index (χ4n) is 1.46. The summed E-state index contributed by atoms with van der Waals surface area (Å²) in [5, 5.41) is 13.6. The van der Waals surface area contributed by atoms with Crippen molar-refractivity contribution in [1.29, 1.82) is 0 Å². The second kappa shape index (κ2) is 5.04. The van der Waals surface area contributed by atoms with E-state index >= 15 is 0 Å². The number of rotatable bonds is 3. The maximum atomic E-state index is 13.0. The van der Waals surface area contributed by atoms with Gasteiger partial charge < -0.3 is 10.4 Å². The van der Waals surface area contributed by atoms with Crippen molar-refractivity contribution in [2.45, 2.75) is 38.8 Å². The summed E-state index contributed by atoms with van der Waals surface area (Å²) < 4.78 is 13.6. The SMILES string of the molecule is CC(C)(C)NCC(C)(O)c1ccc(F)cc1Br. The van der Waals surface area contributed by atoms with Gasteiger partial charge in [0.1, 0.15) is 11.4 Å². The van der Waals surface area contributed by atoms with Gasteiger partial charge in [0.05, 0.1) is 0 Å². The van der Waals surface area contributed by atoms with Crippen molar-refractivity contribution in [3.63, 3.8) is 0 Å². The van der Waals surface area contributed by atoms with Crippen LogP contribution < -0.4 is 5.32 Å². The molecule has 0 heterocycles. The van der Waals surface area contributed by atoms with Crippen LogP contribution in [0.15, 0.2) is 22.7 Å². The molecular weight excluding hydrogens is 285 g/mol.